The standard InChI is InChI=1S/C21H32N8O/c1-5-30-11-10-28-17-12-24-21(27-9-8-23-16(4)13-27)29(18-6-7-22-14-25-18)20(17)19(26-28)15(2)3/h6-7,12,14-16,23,26H,5,8-11,13H2,1-4H3/t16-/m0/s1. The summed E-state index contributed by atoms with van der Waals surface area (Å²) in [6.07, 6.45) is 5.35. The number of guanidine groups is 1. The minimum absolute atomic E-state index is 0.311. The summed E-state index contributed by atoms with van der Waals surface area (Å²) in [7, 11) is 0. The molecule has 0 amide bonds. The fourth-order valence-corrected chi connectivity index (χ4v) is 4.02. The van der Waals surface area contributed by atoms with E-state index in [0.717, 1.165) is 55.0 Å². The lowest BCUT2D eigenvalue weighted by Crippen LogP contribution is -2.56. The quantitative estimate of drug-likeness (QED) is 0.681. The molecule has 1 atom stereocenters. The Morgan fingerprint density at radius 2 is 2.20 bits per heavy atom. The predicted molar refractivity (Wildman–Crippen MR) is 117 cm³/mol. The van der Waals surface area contributed by atoms with Crippen molar-refractivity contribution in [2.45, 2.75) is 33.7 Å². The van der Waals surface area contributed by atoms with Crippen LogP contribution in [0.2, 0.25) is 0 Å². The number of rotatable bonds is 6. The van der Waals surface area contributed by atoms with Crippen LogP contribution in [0.25, 0.3) is 0 Å². The van der Waals surface area contributed by atoms with Crippen LogP contribution in [0.3, 0.4) is 0 Å². The Kier molecular flexibility index (Phi) is 6.19. The van der Waals surface area contributed by atoms with Gasteiger partial charge in [0.25, 0.3) is 0 Å². The Balaban J connectivity index is 1.76. The summed E-state index contributed by atoms with van der Waals surface area (Å²) < 4.78 is 5.60. The lowest BCUT2D eigenvalue weighted by atomic mass is 10.1. The minimum atomic E-state index is 0.311. The molecule has 0 saturated carbocycles. The lowest BCUT2D eigenvalue weighted by molar-refractivity contribution is 0.116. The molecular weight excluding hydrogens is 380 g/mol. The number of piperazine rings is 1. The predicted octanol–water partition coefficient (Wildman–Crippen LogP) is 1.51. The Morgan fingerprint density at radius 1 is 1.33 bits per heavy atom. The third kappa shape index (κ3) is 3.99. The van der Waals surface area contributed by atoms with Crippen LogP contribution >= 0.6 is 0 Å². The molecule has 3 aliphatic rings. The second-order valence-corrected chi connectivity index (χ2v) is 8.02. The van der Waals surface area contributed by atoms with Crippen LogP contribution in [0.5, 0.6) is 0 Å². The van der Waals surface area contributed by atoms with Crippen LogP contribution in [0.1, 0.15) is 27.7 Å². The van der Waals surface area contributed by atoms with Gasteiger partial charge in [0.05, 0.1) is 30.7 Å². The summed E-state index contributed by atoms with van der Waals surface area (Å²) in [6, 6.07) is 2.35. The van der Waals surface area contributed by atoms with Gasteiger partial charge >= 0.3 is 0 Å². The molecule has 0 spiro atoms. The third-order valence-corrected chi connectivity index (χ3v) is 5.46. The summed E-state index contributed by atoms with van der Waals surface area (Å²) in [4.78, 5) is 18.1. The maximum absolute atomic E-state index is 5.60. The van der Waals surface area contributed by atoms with E-state index in [-0.39, 0.29) is 0 Å². The molecule has 1 saturated heterocycles. The number of nitrogens with one attached hydrogen (secondary N) is 2. The molecule has 9 heteroatoms. The van der Waals surface area contributed by atoms with Gasteiger partial charge in [-0.05, 0) is 25.8 Å². The summed E-state index contributed by atoms with van der Waals surface area (Å²) in [5.41, 5.74) is 6.91. The first-order chi connectivity index (χ1) is 14.6. The van der Waals surface area contributed by atoms with Crippen molar-refractivity contribution in [2.75, 3.05) is 44.3 Å². The first kappa shape index (κ1) is 20.6. The molecule has 0 aromatic carbocycles. The Labute approximate surface area is 178 Å². The zero-order valence-electron chi connectivity index (χ0n) is 18.3. The highest BCUT2D eigenvalue weighted by Gasteiger charge is 2.39. The molecule has 162 valence electrons. The molecule has 0 unspecified atom stereocenters. The van der Waals surface area contributed by atoms with E-state index in [9.17, 15) is 0 Å². The second-order valence-electron chi connectivity index (χ2n) is 8.02. The van der Waals surface area contributed by atoms with Crippen LogP contribution in [-0.2, 0) is 4.74 Å². The van der Waals surface area contributed by atoms with E-state index in [1.54, 1.807) is 12.5 Å². The average Bonchev–Trinajstić information content (AvgIpc) is 3.13. The molecule has 1 aromatic heterocycles. The molecule has 9 nitrogen and oxygen atoms in total. The number of hydrogen-bond donors (Lipinski definition) is 2. The number of hydrazine groups is 1. The minimum Gasteiger partial charge on any atom is -0.380 e. The van der Waals surface area contributed by atoms with E-state index in [0.29, 0.717) is 25.2 Å². The van der Waals surface area contributed by atoms with Gasteiger partial charge in [0.2, 0.25) is 5.96 Å². The number of aliphatic imine (C=N–C) groups is 1. The number of fused-ring (bicyclic) bond motifs is 1. The number of aromatic nitrogens is 2. The Morgan fingerprint density at radius 3 is 2.90 bits per heavy atom. The monoisotopic (exact) mass is 412 g/mol. The topological polar surface area (TPSA) is 81.2 Å². The van der Waals surface area contributed by atoms with Crippen LogP contribution in [0.15, 0.2) is 46.9 Å². The van der Waals surface area contributed by atoms with Gasteiger partial charge in [-0.25, -0.2) is 15.0 Å². The molecule has 4 heterocycles. The summed E-state index contributed by atoms with van der Waals surface area (Å²) in [5.74, 6) is 2.04. The van der Waals surface area contributed by atoms with Gasteiger partial charge in [0.15, 0.2) is 0 Å². The molecule has 0 radical (unpaired) electrons. The zero-order valence-corrected chi connectivity index (χ0v) is 18.3. The van der Waals surface area contributed by atoms with Gasteiger partial charge < -0.3 is 15.0 Å². The van der Waals surface area contributed by atoms with Gasteiger partial charge in [-0.3, -0.25) is 15.3 Å². The molecule has 4 rings (SSSR count). The number of hydrogen-bond acceptors (Lipinski definition) is 9. The van der Waals surface area contributed by atoms with Crippen molar-refractivity contribution in [1.29, 1.82) is 0 Å². The van der Waals surface area contributed by atoms with E-state index >= 15 is 0 Å². The van der Waals surface area contributed by atoms with Crippen molar-refractivity contribution >= 4 is 11.8 Å². The van der Waals surface area contributed by atoms with Gasteiger partial charge in [-0.2, -0.15) is 0 Å². The highest BCUT2D eigenvalue weighted by Crippen LogP contribution is 2.36. The van der Waals surface area contributed by atoms with Gasteiger partial charge in [0, 0.05) is 38.5 Å². The number of anilines is 1. The van der Waals surface area contributed by atoms with Crippen molar-refractivity contribution in [3.63, 3.8) is 0 Å². The second kappa shape index (κ2) is 9.01. The van der Waals surface area contributed by atoms with Crippen LogP contribution in [0.4, 0.5) is 5.82 Å². The van der Waals surface area contributed by atoms with E-state index in [4.69, 9.17) is 9.73 Å². The smallest absolute Gasteiger partial charge is 0.212 e. The van der Waals surface area contributed by atoms with Crippen molar-refractivity contribution in [3.05, 3.63) is 41.9 Å². The average molecular weight is 413 g/mol. The maximum Gasteiger partial charge on any atom is 0.212 e. The van der Waals surface area contributed by atoms with Crippen LogP contribution < -0.4 is 15.6 Å². The molecule has 0 bridgehead atoms. The SMILES string of the molecule is CCOCCN1NC(C(C)C)=C2C1=CN=C(N1CCN[C@@H](C)C1)N2c1ccncn1. The van der Waals surface area contributed by atoms with E-state index in [1.165, 1.54) is 0 Å². The molecule has 1 fully saturated rings. The largest absolute Gasteiger partial charge is 0.380 e. The van der Waals surface area contributed by atoms with Gasteiger partial charge in [-0.1, -0.05) is 13.8 Å². The molecule has 3 aliphatic heterocycles. The Bertz CT molecular complexity index is 835. The summed E-state index contributed by atoms with van der Waals surface area (Å²) >= 11 is 0. The van der Waals surface area contributed by atoms with E-state index in [1.807, 2.05) is 19.2 Å². The maximum atomic E-state index is 5.60. The fourth-order valence-electron chi connectivity index (χ4n) is 4.02. The normalized spacial score (nSPS) is 21.6. The first-order valence-corrected chi connectivity index (χ1v) is 10.8. The summed E-state index contributed by atoms with van der Waals surface area (Å²) in [6.45, 7) is 13.5. The van der Waals surface area contributed by atoms with E-state index in [2.05, 4.69) is 56.3 Å². The molecule has 1 aromatic rings. The third-order valence-electron chi connectivity index (χ3n) is 5.46. The van der Waals surface area contributed by atoms with Crippen molar-refractivity contribution in [3.8, 4) is 0 Å². The fraction of sp³-hybridized carbons (Fsp3) is 0.571. The Hall–Kier alpha value is -2.65. The van der Waals surface area contributed by atoms with E-state index < -0.39 is 0 Å². The summed E-state index contributed by atoms with van der Waals surface area (Å²) in [5, 5.41) is 5.65. The molecule has 30 heavy (non-hydrogen) atoms. The van der Waals surface area contributed by atoms with Crippen molar-refractivity contribution < 1.29 is 4.74 Å². The van der Waals surface area contributed by atoms with Gasteiger partial charge in [-0.15, -0.1) is 0 Å². The molecule has 0 aliphatic carbocycles. The number of allylic oxidation sites excluding steroid dienone is 1. The van der Waals surface area contributed by atoms with Crippen LogP contribution in [-0.4, -0.2) is 71.3 Å². The van der Waals surface area contributed by atoms with Crippen molar-refractivity contribution in [1.82, 2.24) is 30.6 Å². The lowest BCUT2D eigenvalue weighted by Gasteiger charge is -2.40. The van der Waals surface area contributed by atoms with Crippen molar-refractivity contribution in [2.24, 2.45) is 10.9 Å². The highest BCUT2D eigenvalue weighted by molar-refractivity contribution is 6.01. The molecule has 2 N–H and O–H groups in total. The highest BCUT2D eigenvalue weighted by atomic mass is 16.5. The first-order valence-electron chi connectivity index (χ1n) is 10.8. The number of ether oxygens (including phenoxy) is 1. The van der Waals surface area contributed by atoms with Gasteiger partial charge in [0.1, 0.15) is 17.8 Å². The van der Waals surface area contributed by atoms with Crippen LogP contribution in [0, 0.1) is 5.92 Å². The molecular formula is C21H32N8O. The number of nitrogens with zero attached hydrogens (tertiary/aromatic N) is 6. The zero-order chi connectivity index (χ0) is 21.1.